The zero-order valence-corrected chi connectivity index (χ0v) is 16.1. The smallest absolute Gasteiger partial charge is 0.310 e. The molecule has 0 aromatic rings. The van der Waals surface area contributed by atoms with Crippen LogP contribution in [0, 0.1) is 11.3 Å². The molecule has 6 nitrogen and oxygen atoms in total. The summed E-state index contributed by atoms with van der Waals surface area (Å²) in [5.74, 6) is -2.51. The molecule has 26 heavy (non-hydrogen) atoms. The fourth-order valence-corrected chi connectivity index (χ4v) is 4.24. The molecule has 1 aliphatic carbocycles. The summed E-state index contributed by atoms with van der Waals surface area (Å²) in [6, 6.07) is 0. The minimum Gasteiger partial charge on any atom is -0.481 e. The molecule has 0 aromatic heterocycles. The Morgan fingerprint density at radius 3 is 1.73 bits per heavy atom. The second-order valence-electron chi connectivity index (χ2n) is 7.72. The van der Waals surface area contributed by atoms with Gasteiger partial charge in [0.25, 0.3) is 0 Å². The highest BCUT2D eigenvalue weighted by Crippen LogP contribution is 2.42. The van der Waals surface area contributed by atoms with Crippen LogP contribution >= 0.6 is 0 Å². The molecular formula is C20H35NO5. The molecule has 0 aliphatic heterocycles. The number of carboxylic acids is 2. The number of carboxylic acid groups (broad SMARTS) is 2. The molecule has 0 heterocycles. The lowest BCUT2D eigenvalue weighted by atomic mass is 9.66. The number of hydrogen-bond acceptors (Lipinski definition) is 3. The highest BCUT2D eigenvalue weighted by molar-refractivity contribution is 5.82. The number of aliphatic carboxylic acids is 2. The molecule has 1 aliphatic rings. The van der Waals surface area contributed by atoms with Gasteiger partial charge in [-0.3, -0.25) is 14.4 Å². The summed E-state index contributed by atoms with van der Waals surface area (Å²) in [6.45, 7) is 1.58. The highest BCUT2D eigenvalue weighted by Gasteiger charge is 2.46. The number of carbonyl (C=O) groups is 3. The van der Waals surface area contributed by atoms with Gasteiger partial charge in [-0.25, -0.2) is 0 Å². The van der Waals surface area contributed by atoms with Crippen LogP contribution in [0.1, 0.15) is 90.4 Å². The average molecular weight is 370 g/mol. The van der Waals surface area contributed by atoms with Crippen LogP contribution in [0.5, 0.6) is 0 Å². The van der Waals surface area contributed by atoms with Crippen molar-refractivity contribution >= 4 is 17.8 Å². The molecule has 0 spiro atoms. The standard InChI is InChI=1S/C20H35NO5/c1-16(22)21-14-13-20(19(25)26,15-18(23)24)17-11-9-7-5-3-2-4-6-8-10-12-17/h17H,2-15H2,1H3,(H,21,22)(H,23,24)(H,25,26). The zero-order chi connectivity index (χ0) is 19.4. The molecule has 1 saturated carbocycles. The topological polar surface area (TPSA) is 104 Å². The van der Waals surface area contributed by atoms with Crippen molar-refractivity contribution in [1.29, 1.82) is 0 Å². The van der Waals surface area contributed by atoms with Crippen molar-refractivity contribution in [2.24, 2.45) is 11.3 Å². The first kappa shape index (κ1) is 22.5. The molecule has 0 radical (unpaired) electrons. The van der Waals surface area contributed by atoms with Crippen molar-refractivity contribution in [3.63, 3.8) is 0 Å². The molecular weight excluding hydrogens is 334 g/mol. The molecule has 3 N–H and O–H groups in total. The maximum atomic E-state index is 12.2. The molecule has 0 saturated heterocycles. The summed E-state index contributed by atoms with van der Waals surface area (Å²) in [4.78, 5) is 34.9. The second-order valence-corrected chi connectivity index (χ2v) is 7.72. The van der Waals surface area contributed by atoms with Crippen molar-refractivity contribution in [1.82, 2.24) is 5.32 Å². The summed E-state index contributed by atoms with van der Waals surface area (Å²) in [7, 11) is 0. The van der Waals surface area contributed by atoms with Gasteiger partial charge in [0.1, 0.15) is 0 Å². The Kier molecular flexibility index (Phi) is 10.3. The van der Waals surface area contributed by atoms with Crippen molar-refractivity contribution in [3.8, 4) is 0 Å². The van der Waals surface area contributed by atoms with Crippen molar-refractivity contribution < 1.29 is 24.6 Å². The van der Waals surface area contributed by atoms with Crippen LogP contribution in [0.3, 0.4) is 0 Å². The predicted molar refractivity (Wildman–Crippen MR) is 99.9 cm³/mol. The lowest BCUT2D eigenvalue weighted by Gasteiger charge is -2.37. The first-order valence-electron chi connectivity index (χ1n) is 10.1. The Balaban J connectivity index is 2.96. The second kappa shape index (κ2) is 11.9. The van der Waals surface area contributed by atoms with Crippen LogP contribution in [0.15, 0.2) is 0 Å². The number of hydrogen-bond donors (Lipinski definition) is 3. The van der Waals surface area contributed by atoms with Crippen molar-refractivity contribution in [2.75, 3.05) is 6.54 Å². The molecule has 0 aromatic carbocycles. The number of nitrogens with one attached hydrogen (secondary N) is 1. The van der Waals surface area contributed by atoms with Gasteiger partial charge < -0.3 is 15.5 Å². The van der Waals surface area contributed by atoms with E-state index in [1.165, 1.54) is 26.2 Å². The summed E-state index contributed by atoms with van der Waals surface area (Å²) >= 11 is 0. The summed E-state index contributed by atoms with van der Waals surface area (Å²) in [6.07, 6.45) is 11.4. The molecule has 1 fully saturated rings. The summed E-state index contributed by atoms with van der Waals surface area (Å²) in [5, 5.41) is 22.0. The van der Waals surface area contributed by atoms with Crippen LogP contribution in [-0.2, 0) is 14.4 Å². The lowest BCUT2D eigenvalue weighted by Crippen LogP contribution is -2.43. The maximum absolute atomic E-state index is 12.2. The van der Waals surface area contributed by atoms with E-state index in [1.807, 2.05) is 0 Å². The van der Waals surface area contributed by atoms with Crippen molar-refractivity contribution in [3.05, 3.63) is 0 Å². The molecule has 1 rings (SSSR count). The third-order valence-electron chi connectivity index (χ3n) is 5.72. The Morgan fingerprint density at radius 1 is 0.885 bits per heavy atom. The fraction of sp³-hybridized carbons (Fsp3) is 0.850. The zero-order valence-electron chi connectivity index (χ0n) is 16.1. The van der Waals surface area contributed by atoms with Crippen LogP contribution in [0.2, 0.25) is 0 Å². The Labute approximate surface area is 156 Å². The van der Waals surface area contributed by atoms with E-state index in [4.69, 9.17) is 0 Å². The van der Waals surface area contributed by atoms with E-state index in [9.17, 15) is 24.6 Å². The number of amides is 1. The predicted octanol–water partition coefficient (Wildman–Crippen LogP) is 3.98. The first-order valence-corrected chi connectivity index (χ1v) is 10.1. The van der Waals surface area contributed by atoms with Gasteiger partial charge in [0.2, 0.25) is 5.91 Å². The van der Waals surface area contributed by atoms with Crippen LogP contribution in [-0.4, -0.2) is 34.6 Å². The minimum atomic E-state index is -1.31. The van der Waals surface area contributed by atoms with Crippen LogP contribution in [0.4, 0.5) is 0 Å². The van der Waals surface area contributed by atoms with E-state index in [0.29, 0.717) is 0 Å². The summed E-state index contributed by atoms with van der Waals surface area (Å²) < 4.78 is 0. The molecule has 1 amide bonds. The average Bonchev–Trinajstić information content (AvgIpc) is 2.53. The van der Waals surface area contributed by atoms with Gasteiger partial charge in [-0.15, -0.1) is 0 Å². The van der Waals surface area contributed by atoms with Gasteiger partial charge >= 0.3 is 11.9 Å². The largest absolute Gasteiger partial charge is 0.481 e. The van der Waals surface area contributed by atoms with Gasteiger partial charge in [-0.05, 0) is 25.2 Å². The van der Waals surface area contributed by atoms with Gasteiger partial charge in [0.15, 0.2) is 0 Å². The SMILES string of the molecule is CC(=O)NCCC(CC(=O)O)(C(=O)O)C1CCCCCCCCCCC1. The number of carbonyl (C=O) groups excluding carboxylic acids is 1. The Morgan fingerprint density at radius 2 is 1.35 bits per heavy atom. The number of rotatable bonds is 7. The lowest BCUT2D eigenvalue weighted by molar-refractivity contribution is -0.161. The van der Waals surface area contributed by atoms with E-state index in [2.05, 4.69) is 5.32 Å². The van der Waals surface area contributed by atoms with E-state index in [-0.39, 0.29) is 31.2 Å². The monoisotopic (exact) mass is 369 g/mol. The molecule has 1 atom stereocenters. The van der Waals surface area contributed by atoms with Gasteiger partial charge in [0.05, 0.1) is 11.8 Å². The van der Waals surface area contributed by atoms with Gasteiger partial charge in [-0.1, -0.05) is 57.8 Å². The normalized spacial score (nSPS) is 20.2. The third-order valence-corrected chi connectivity index (χ3v) is 5.72. The maximum Gasteiger partial charge on any atom is 0.310 e. The van der Waals surface area contributed by atoms with Crippen molar-refractivity contribution in [2.45, 2.75) is 90.4 Å². The fourth-order valence-electron chi connectivity index (χ4n) is 4.24. The highest BCUT2D eigenvalue weighted by atomic mass is 16.4. The Hall–Kier alpha value is -1.59. The van der Waals surface area contributed by atoms with Crippen LogP contribution in [0.25, 0.3) is 0 Å². The summed E-state index contributed by atoms with van der Waals surface area (Å²) in [5.41, 5.74) is -1.31. The molecule has 0 bridgehead atoms. The molecule has 150 valence electrons. The van der Waals surface area contributed by atoms with E-state index in [0.717, 1.165) is 51.4 Å². The first-order chi connectivity index (χ1) is 12.4. The Bertz CT molecular complexity index is 453. The quantitative estimate of drug-likeness (QED) is 0.630. The van der Waals surface area contributed by atoms with E-state index >= 15 is 0 Å². The van der Waals surface area contributed by atoms with E-state index in [1.54, 1.807) is 0 Å². The molecule has 1 unspecified atom stereocenters. The van der Waals surface area contributed by atoms with Gasteiger partial charge in [0, 0.05) is 13.5 Å². The minimum absolute atomic E-state index is 0.163. The van der Waals surface area contributed by atoms with Gasteiger partial charge in [-0.2, -0.15) is 0 Å². The van der Waals surface area contributed by atoms with Crippen LogP contribution < -0.4 is 5.32 Å². The van der Waals surface area contributed by atoms with E-state index < -0.39 is 17.4 Å². The molecule has 6 heteroatoms. The third kappa shape index (κ3) is 7.75.